The number of amides is 3. The Morgan fingerprint density at radius 3 is 2.66 bits per heavy atom. The van der Waals surface area contributed by atoms with Gasteiger partial charge in [0.2, 0.25) is 5.91 Å². The first-order chi connectivity index (χ1) is 19.4. The lowest BCUT2D eigenvalue weighted by Crippen LogP contribution is -2.53. The summed E-state index contributed by atoms with van der Waals surface area (Å²) in [5.41, 5.74) is 2.68. The van der Waals surface area contributed by atoms with Crippen molar-refractivity contribution in [1.82, 2.24) is 24.9 Å². The van der Waals surface area contributed by atoms with E-state index in [0.29, 0.717) is 37.1 Å². The van der Waals surface area contributed by atoms with E-state index in [1.165, 1.54) is 6.07 Å². The lowest BCUT2D eigenvalue weighted by atomic mass is 9.73. The van der Waals surface area contributed by atoms with Crippen molar-refractivity contribution in [3.05, 3.63) is 89.4 Å². The van der Waals surface area contributed by atoms with Crippen LogP contribution in [0.1, 0.15) is 44.0 Å². The summed E-state index contributed by atoms with van der Waals surface area (Å²) in [7, 11) is 0. The molecule has 5 rings (SSSR count). The van der Waals surface area contributed by atoms with Crippen molar-refractivity contribution in [3.8, 4) is 0 Å². The number of benzene rings is 1. The third-order valence-electron chi connectivity index (χ3n) is 7.51. The first kappa shape index (κ1) is 28.4. The van der Waals surface area contributed by atoms with Gasteiger partial charge in [-0.3, -0.25) is 4.79 Å². The Kier molecular flexibility index (Phi) is 7.68. The SMILES string of the molecule is CC(C)(C)NC(=O)N1CCC2=C(c3cccc(C(F)(F)F)c3)C=CC(C(=O)NCCc3cnc4ccccn34)C2C1. The summed E-state index contributed by atoms with van der Waals surface area (Å²) >= 11 is 0. The molecule has 1 aliphatic heterocycles. The van der Waals surface area contributed by atoms with E-state index in [-0.39, 0.29) is 24.4 Å². The molecule has 0 radical (unpaired) electrons. The van der Waals surface area contributed by atoms with Gasteiger partial charge in [-0.2, -0.15) is 13.2 Å². The molecule has 2 aliphatic rings. The van der Waals surface area contributed by atoms with E-state index >= 15 is 0 Å². The van der Waals surface area contributed by atoms with Gasteiger partial charge in [-0.05, 0) is 62.6 Å². The van der Waals surface area contributed by atoms with Crippen molar-refractivity contribution in [2.45, 2.75) is 45.3 Å². The molecule has 10 heteroatoms. The number of allylic oxidation sites excluding steroid dienone is 2. The summed E-state index contributed by atoms with van der Waals surface area (Å²) in [6.45, 7) is 6.79. The van der Waals surface area contributed by atoms with Crippen LogP contribution in [0.5, 0.6) is 0 Å². The number of pyridine rings is 1. The number of nitrogens with one attached hydrogen (secondary N) is 2. The summed E-state index contributed by atoms with van der Waals surface area (Å²) in [5, 5.41) is 6.01. The highest BCUT2D eigenvalue weighted by molar-refractivity contribution is 5.87. The average Bonchev–Trinajstić information content (AvgIpc) is 3.33. The van der Waals surface area contributed by atoms with Gasteiger partial charge in [-0.1, -0.05) is 35.9 Å². The quantitative estimate of drug-likeness (QED) is 0.430. The van der Waals surface area contributed by atoms with Gasteiger partial charge < -0.3 is 19.9 Å². The van der Waals surface area contributed by atoms with Gasteiger partial charge in [0.05, 0.1) is 11.5 Å². The van der Waals surface area contributed by atoms with Crippen molar-refractivity contribution < 1.29 is 22.8 Å². The molecule has 216 valence electrons. The number of carbonyl (C=O) groups is 2. The number of alkyl halides is 3. The molecule has 7 nitrogen and oxygen atoms in total. The Labute approximate surface area is 237 Å². The maximum absolute atomic E-state index is 13.5. The maximum atomic E-state index is 13.5. The molecular weight excluding hydrogens is 531 g/mol. The number of piperidine rings is 1. The minimum atomic E-state index is -4.46. The number of rotatable bonds is 5. The molecule has 2 aromatic heterocycles. The van der Waals surface area contributed by atoms with E-state index in [9.17, 15) is 22.8 Å². The molecule has 1 aromatic carbocycles. The standard InChI is InChI=1S/C31H34F3N5O2/c1-30(2,3)37-29(41)38-16-13-24-23(20-7-6-8-21(17-20)31(32,33)34)10-11-25(26(24)19-38)28(40)35-14-12-22-18-36-27-9-4-5-15-39(22)27/h4-11,15,17-18,25-26H,12-14,16,19H2,1-3H3,(H,35,40)(H,37,41). The van der Waals surface area contributed by atoms with Crippen molar-refractivity contribution in [3.63, 3.8) is 0 Å². The third kappa shape index (κ3) is 6.31. The number of likely N-dealkylation sites (tertiary alicyclic amines) is 1. The third-order valence-corrected chi connectivity index (χ3v) is 7.51. The second-order valence-electron chi connectivity index (χ2n) is 11.6. The number of carbonyl (C=O) groups excluding carboxylic acids is 2. The highest BCUT2D eigenvalue weighted by Gasteiger charge is 2.39. The summed E-state index contributed by atoms with van der Waals surface area (Å²) in [6.07, 6.45) is 3.82. The van der Waals surface area contributed by atoms with Crippen LogP contribution < -0.4 is 10.6 Å². The molecule has 0 bridgehead atoms. The van der Waals surface area contributed by atoms with Gasteiger partial charge in [0.1, 0.15) is 5.65 Å². The normalized spacial score (nSPS) is 19.3. The Morgan fingerprint density at radius 2 is 1.90 bits per heavy atom. The van der Waals surface area contributed by atoms with Gasteiger partial charge in [0, 0.05) is 55.6 Å². The Hall–Kier alpha value is -4.08. The van der Waals surface area contributed by atoms with Crippen molar-refractivity contribution in [2.24, 2.45) is 11.8 Å². The van der Waals surface area contributed by atoms with Gasteiger partial charge in [-0.25, -0.2) is 9.78 Å². The smallest absolute Gasteiger partial charge is 0.355 e. The Morgan fingerprint density at radius 1 is 1.10 bits per heavy atom. The molecule has 2 atom stereocenters. The summed E-state index contributed by atoms with van der Waals surface area (Å²) in [5.74, 6) is -1.11. The molecule has 3 amide bonds. The van der Waals surface area contributed by atoms with E-state index < -0.39 is 23.2 Å². The predicted molar refractivity (Wildman–Crippen MR) is 151 cm³/mol. The van der Waals surface area contributed by atoms with Crippen LogP contribution in [0.3, 0.4) is 0 Å². The molecule has 1 fully saturated rings. The molecule has 3 heterocycles. The van der Waals surface area contributed by atoms with Crippen LogP contribution in [-0.2, 0) is 17.4 Å². The summed E-state index contributed by atoms with van der Waals surface area (Å²) in [6, 6.07) is 10.8. The fourth-order valence-corrected chi connectivity index (χ4v) is 5.59. The fourth-order valence-electron chi connectivity index (χ4n) is 5.59. The zero-order chi connectivity index (χ0) is 29.4. The van der Waals surface area contributed by atoms with Crippen LogP contribution in [0.15, 0.2) is 72.6 Å². The van der Waals surface area contributed by atoms with Crippen molar-refractivity contribution in [2.75, 3.05) is 19.6 Å². The molecule has 3 aromatic rings. The number of hydrogen-bond acceptors (Lipinski definition) is 3. The lowest BCUT2D eigenvalue weighted by Gasteiger charge is -2.41. The monoisotopic (exact) mass is 565 g/mol. The van der Waals surface area contributed by atoms with E-state index in [1.807, 2.05) is 49.6 Å². The largest absolute Gasteiger partial charge is 0.416 e. The molecule has 0 saturated carbocycles. The molecule has 1 saturated heterocycles. The van der Waals surface area contributed by atoms with E-state index in [4.69, 9.17) is 0 Å². The maximum Gasteiger partial charge on any atom is 0.416 e. The Bertz CT molecular complexity index is 1520. The molecule has 1 aliphatic carbocycles. The summed E-state index contributed by atoms with van der Waals surface area (Å²) < 4.78 is 42.4. The van der Waals surface area contributed by atoms with E-state index in [2.05, 4.69) is 15.6 Å². The van der Waals surface area contributed by atoms with Crippen LogP contribution in [0, 0.1) is 11.8 Å². The van der Waals surface area contributed by atoms with Crippen molar-refractivity contribution >= 4 is 23.2 Å². The van der Waals surface area contributed by atoms with E-state index in [1.54, 1.807) is 29.3 Å². The molecular formula is C31H34F3N5O2. The van der Waals surface area contributed by atoms with Gasteiger partial charge in [0.15, 0.2) is 0 Å². The fraction of sp³-hybridized carbons (Fsp3) is 0.387. The van der Waals surface area contributed by atoms with Crippen LogP contribution >= 0.6 is 0 Å². The number of halogens is 3. The first-order valence-corrected chi connectivity index (χ1v) is 13.8. The molecule has 2 unspecified atom stereocenters. The minimum Gasteiger partial charge on any atom is -0.355 e. The number of imidazole rings is 1. The average molecular weight is 566 g/mol. The number of hydrogen-bond donors (Lipinski definition) is 2. The molecule has 0 spiro atoms. The minimum absolute atomic E-state index is 0.182. The molecule has 41 heavy (non-hydrogen) atoms. The molecule has 2 N–H and O–H groups in total. The van der Waals surface area contributed by atoms with Crippen LogP contribution in [-0.4, -0.2) is 51.4 Å². The number of urea groups is 1. The number of fused-ring (bicyclic) bond motifs is 2. The lowest BCUT2D eigenvalue weighted by molar-refractivity contribution is -0.137. The first-order valence-electron chi connectivity index (χ1n) is 13.8. The predicted octanol–water partition coefficient (Wildman–Crippen LogP) is 5.48. The second kappa shape index (κ2) is 11.1. The Balaban J connectivity index is 1.38. The van der Waals surface area contributed by atoms with Crippen LogP contribution in [0.2, 0.25) is 0 Å². The van der Waals surface area contributed by atoms with Crippen LogP contribution in [0.4, 0.5) is 18.0 Å². The highest BCUT2D eigenvalue weighted by atomic mass is 19.4. The van der Waals surface area contributed by atoms with Gasteiger partial charge in [0.25, 0.3) is 0 Å². The summed E-state index contributed by atoms with van der Waals surface area (Å²) in [4.78, 5) is 32.6. The van der Waals surface area contributed by atoms with E-state index in [0.717, 1.165) is 29.0 Å². The topological polar surface area (TPSA) is 78.7 Å². The zero-order valence-electron chi connectivity index (χ0n) is 23.3. The van der Waals surface area contributed by atoms with Crippen LogP contribution in [0.25, 0.3) is 11.2 Å². The number of aromatic nitrogens is 2. The second-order valence-corrected chi connectivity index (χ2v) is 11.6. The zero-order valence-corrected chi connectivity index (χ0v) is 23.3. The highest BCUT2D eigenvalue weighted by Crippen LogP contribution is 2.41. The number of nitrogens with zero attached hydrogens (tertiary/aromatic N) is 3. The van der Waals surface area contributed by atoms with Crippen molar-refractivity contribution in [1.29, 1.82) is 0 Å². The van der Waals surface area contributed by atoms with Gasteiger partial charge in [-0.15, -0.1) is 0 Å². The van der Waals surface area contributed by atoms with Gasteiger partial charge >= 0.3 is 12.2 Å².